The van der Waals surface area contributed by atoms with Crippen LogP contribution in [0.2, 0.25) is 0 Å². The highest BCUT2D eigenvalue weighted by atomic mass is 16.5. The minimum Gasteiger partial charge on any atom is -0.481 e. The summed E-state index contributed by atoms with van der Waals surface area (Å²) in [4.78, 5) is 8.44. The lowest BCUT2D eigenvalue weighted by Crippen LogP contribution is -2.10. The van der Waals surface area contributed by atoms with Crippen molar-refractivity contribution < 1.29 is 9.26 Å². The van der Waals surface area contributed by atoms with E-state index in [-0.39, 0.29) is 0 Å². The van der Waals surface area contributed by atoms with E-state index in [0.717, 1.165) is 18.5 Å². The number of rotatable bonds is 6. The lowest BCUT2D eigenvalue weighted by atomic mass is 10.2. The molecule has 6 heteroatoms. The molecule has 96 valence electrons. The fourth-order valence-electron chi connectivity index (χ4n) is 1.51. The molecule has 0 spiro atoms. The topological polar surface area (TPSA) is 73.1 Å². The Bertz CT molecular complexity index is 481. The highest BCUT2D eigenvalue weighted by Gasteiger charge is 2.07. The lowest BCUT2D eigenvalue weighted by molar-refractivity contribution is 0.372. The standard InChI is InChI=1S/C12H16N4O2/c1-13-6-5-12-15-10(16-18-12)7-9-3-4-11(17-2)14-8-9/h3-4,8,13H,5-7H2,1-2H3. The minimum absolute atomic E-state index is 0.599. The number of hydrogen-bond acceptors (Lipinski definition) is 6. The summed E-state index contributed by atoms with van der Waals surface area (Å²) in [6.45, 7) is 0.825. The second-order valence-corrected chi connectivity index (χ2v) is 3.84. The Kier molecular flexibility index (Phi) is 4.25. The summed E-state index contributed by atoms with van der Waals surface area (Å²) >= 11 is 0. The van der Waals surface area contributed by atoms with Crippen LogP contribution < -0.4 is 10.1 Å². The molecule has 0 unspecified atom stereocenters. The molecule has 0 fully saturated rings. The molecule has 2 aromatic heterocycles. The average Bonchev–Trinajstić information content (AvgIpc) is 2.85. The van der Waals surface area contributed by atoms with Gasteiger partial charge in [0, 0.05) is 31.6 Å². The minimum atomic E-state index is 0.599. The van der Waals surface area contributed by atoms with Crippen LogP contribution in [0.3, 0.4) is 0 Å². The van der Waals surface area contributed by atoms with Gasteiger partial charge in [-0.15, -0.1) is 0 Å². The maximum Gasteiger partial charge on any atom is 0.227 e. The molecular weight excluding hydrogens is 232 g/mol. The molecule has 18 heavy (non-hydrogen) atoms. The zero-order valence-corrected chi connectivity index (χ0v) is 10.5. The van der Waals surface area contributed by atoms with Crippen molar-refractivity contribution in [2.45, 2.75) is 12.8 Å². The second-order valence-electron chi connectivity index (χ2n) is 3.84. The first-order valence-corrected chi connectivity index (χ1v) is 5.77. The third-order valence-electron chi connectivity index (χ3n) is 2.47. The van der Waals surface area contributed by atoms with E-state index >= 15 is 0 Å². The van der Waals surface area contributed by atoms with E-state index < -0.39 is 0 Å². The van der Waals surface area contributed by atoms with E-state index in [1.807, 2.05) is 19.2 Å². The van der Waals surface area contributed by atoms with Gasteiger partial charge in [0.05, 0.1) is 7.11 Å². The summed E-state index contributed by atoms with van der Waals surface area (Å²) in [6.07, 6.45) is 3.10. The van der Waals surface area contributed by atoms with Gasteiger partial charge in [-0.2, -0.15) is 4.98 Å². The van der Waals surface area contributed by atoms with Gasteiger partial charge in [0.1, 0.15) is 0 Å². The Morgan fingerprint density at radius 2 is 2.28 bits per heavy atom. The fourth-order valence-corrected chi connectivity index (χ4v) is 1.51. The van der Waals surface area contributed by atoms with Gasteiger partial charge in [-0.3, -0.25) is 0 Å². The van der Waals surface area contributed by atoms with Crippen molar-refractivity contribution in [3.05, 3.63) is 35.6 Å². The van der Waals surface area contributed by atoms with E-state index in [0.29, 0.717) is 24.0 Å². The number of methoxy groups -OCH3 is 1. The average molecular weight is 248 g/mol. The molecule has 6 nitrogen and oxygen atoms in total. The molecule has 0 saturated carbocycles. The van der Waals surface area contributed by atoms with Crippen LogP contribution in [-0.4, -0.2) is 35.8 Å². The van der Waals surface area contributed by atoms with Gasteiger partial charge in [0.25, 0.3) is 0 Å². The van der Waals surface area contributed by atoms with Gasteiger partial charge in [-0.25, -0.2) is 4.98 Å². The third kappa shape index (κ3) is 3.27. The first kappa shape index (κ1) is 12.5. The number of aromatic nitrogens is 3. The molecule has 0 aliphatic rings. The van der Waals surface area contributed by atoms with Crippen molar-refractivity contribution in [3.8, 4) is 5.88 Å². The predicted molar refractivity (Wildman–Crippen MR) is 65.5 cm³/mol. The van der Waals surface area contributed by atoms with Crippen LogP contribution in [0.1, 0.15) is 17.3 Å². The summed E-state index contributed by atoms with van der Waals surface area (Å²) < 4.78 is 10.1. The molecule has 1 N–H and O–H groups in total. The summed E-state index contributed by atoms with van der Waals surface area (Å²) in [5.74, 6) is 1.93. The number of pyridine rings is 1. The molecule has 2 rings (SSSR count). The highest BCUT2D eigenvalue weighted by Crippen LogP contribution is 2.10. The Morgan fingerprint density at radius 1 is 1.39 bits per heavy atom. The van der Waals surface area contributed by atoms with Crippen molar-refractivity contribution in [1.82, 2.24) is 20.4 Å². The molecule has 0 radical (unpaired) electrons. The Hall–Kier alpha value is -1.95. The third-order valence-corrected chi connectivity index (χ3v) is 2.47. The molecule has 0 aliphatic heterocycles. The molecule has 0 aliphatic carbocycles. The largest absolute Gasteiger partial charge is 0.481 e. The van der Waals surface area contributed by atoms with Crippen LogP contribution >= 0.6 is 0 Å². The Labute approximate surface area is 105 Å². The van der Waals surface area contributed by atoms with E-state index in [9.17, 15) is 0 Å². The smallest absolute Gasteiger partial charge is 0.227 e. The van der Waals surface area contributed by atoms with Crippen molar-refractivity contribution >= 4 is 0 Å². The first-order valence-electron chi connectivity index (χ1n) is 5.77. The van der Waals surface area contributed by atoms with Crippen LogP contribution in [-0.2, 0) is 12.8 Å². The number of nitrogens with one attached hydrogen (secondary N) is 1. The zero-order valence-electron chi connectivity index (χ0n) is 10.5. The van der Waals surface area contributed by atoms with Gasteiger partial charge in [0.2, 0.25) is 11.8 Å². The molecule has 0 saturated heterocycles. The zero-order chi connectivity index (χ0) is 12.8. The van der Waals surface area contributed by atoms with Crippen LogP contribution in [0.5, 0.6) is 5.88 Å². The molecule has 0 bridgehead atoms. The monoisotopic (exact) mass is 248 g/mol. The van der Waals surface area contributed by atoms with Crippen molar-refractivity contribution in [2.24, 2.45) is 0 Å². The lowest BCUT2D eigenvalue weighted by Gasteiger charge is -1.99. The Balaban J connectivity index is 1.97. The van der Waals surface area contributed by atoms with Crippen molar-refractivity contribution in [3.63, 3.8) is 0 Å². The highest BCUT2D eigenvalue weighted by molar-refractivity contribution is 5.20. The van der Waals surface area contributed by atoms with E-state index in [2.05, 4.69) is 20.4 Å². The molecule has 0 atom stereocenters. The molecule has 0 amide bonds. The quantitative estimate of drug-likeness (QED) is 0.816. The number of hydrogen-bond donors (Lipinski definition) is 1. The summed E-state index contributed by atoms with van der Waals surface area (Å²) in [5.41, 5.74) is 1.02. The van der Waals surface area contributed by atoms with Gasteiger partial charge in [0.15, 0.2) is 5.82 Å². The first-order chi connectivity index (χ1) is 8.81. The van der Waals surface area contributed by atoms with Gasteiger partial charge >= 0.3 is 0 Å². The SMILES string of the molecule is CNCCc1nc(Cc2ccc(OC)nc2)no1. The molecule has 2 aromatic rings. The summed E-state index contributed by atoms with van der Waals surface area (Å²) in [6, 6.07) is 3.76. The van der Waals surface area contributed by atoms with Crippen molar-refractivity contribution in [2.75, 3.05) is 20.7 Å². The molecular formula is C12H16N4O2. The summed E-state index contributed by atoms with van der Waals surface area (Å²) in [5, 5.41) is 6.97. The van der Waals surface area contributed by atoms with E-state index in [1.54, 1.807) is 13.3 Å². The fraction of sp³-hybridized carbons (Fsp3) is 0.417. The van der Waals surface area contributed by atoms with Gasteiger partial charge < -0.3 is 14.6 Å². The number of ether oxygens (including phenoxy) is 1. The number of likely N-dealkylation sites (N-methyl/N-ethyl adjacent to an activating group) is 1. The molecule has 2 heterocycles. The maximum absolute atomic E-state index is 5.14. The van der Waals surface area contributed by atoms with Crippen LogP contribution in [0.4, 0.5) is 0 Å². The van der Waals surface area contributed by atoms with Crippen LogP contribution in [0.15, 0.2) is 22.9 Å². The van der Waals surface area contributed by atoms with Crippen LogP contribution in [0, 0.1) is 0 Å². The van der Waals surface area contributed by atoms with Crippen molar-refractivity contribution in [1.29, 1.82) is 0 Å². The van der Waals surface area contributed by atoms with Crippen LogP contribution in [0.25, 0.3) is 0 Å². The van der Waals surface area contributed by atoms with E-state index in [4.69, 9.17) is 9.26 Å². The number of nitrogens with zero attached hydrogens (tertiary/aromatic N) is 3. The maximum atomic E-state index is 5.14. The van der Waals surface area contributed by atoms with Gasteiger partial charge in [-0.1, -0.05) is 11.2 Å². The summed E-state index contributed by atoms with van der Waals surface area (Å²) in [7, 11) is 3.48. The van der Waals surface area contributed by atoms with Gasteiger partial charge in [-0.05, 0) is 12.6 Å². The second kappa shape index (κ2) is 6.11. The van der Waals surface area contributed by atoms with E-state index in [1.165, 1.54) is 0 Å². The Morgan fingerprint density at radius 3 is 2.94 bits per heavy atom. The normalized spacial score (nSPS) is 10.6. The predicted octanol–water partition coefficient (Wildman–Crippen LogP) is 0.826. The molecule has 0 aromatic carbocycles.